The first-order chi connectivity index (χ1) is 10.2. The van der Waals surface area contributed by atoms with Gasteiger partial charge in [0.2, 0.25) is 0 Å². The minimum atomic E-state index is 1.00. The van der Waals surface area contributed by atoms with Crippen molar-refractivity contribution in [2.24, 2.45) is 0 Å². The average Bonchev–Trinajstić information content (AvgIpc) is 3.06. The van der Waals surface area contributed by atoms with E-state index in [1.807, 2.05) is 26.0 Å². The first-order valence-corrected chi connectivity index (χ1v) is 6.66. The van der Waals surface area contributed by atoms with Crippen LogP contribution < -0.4 is 0 Å². The van der Waals surface area contributed by atoms with Crippen LogP contribution >= 0.6 is 0 Å². The third-order valence-corrected chi connectivity index (χ3v) is 3.13. The van der Waals surface area contributed by atoms with E-state index in [-0.39, 0.29) is 0 Å². The Morgan fingerprint density at radius 2 is 1.29 bits per heavy atom. The van der Waals surface area contributed by atoms with Crippen LogP contribution in [-0.4, -0.2) is 25.1 Å². The molecular weight excluding hydrogens is 262 g/mol. The molecule has 0 bridgehead atoms. The number of pyridine rings is 2. The second kappa shape index (κ2) is 5.66. The van der Waals surface area contributed by atoms with Crippen LogP contribution in [-0.2, 0) is 0 Å². The van der Waals surface area contributed by atoms with Crippen LogP contribution in [0.2, 0.25) is 0 Å². The summed E-state index contributed by atoms with van der Waals surface area (Å²) in [5.41, 5.74) is 4.06. The Bertz CT molecular complexity index is 791. The van der Waals surface area contributed by atoms with Crippen molar-refractivity contribution in [1.29, 1.82) is 0 Å². The molecule has 0 aliphatic carbocycles. The molecule has 4 rings (SSSR count). The number of nitrogens with one attached hydrogen (secondary N) is 1. The van der Waals surface area contributed by atoms with Crippen LogP contribution in [0.3, 0.4) is 0 Å². The van der Waals surface area contributed by atoms with Gasteiger partial charge in [-0.3, -0.25) is 15.1 Å². The smallest absolute Gasteiger partial charge is 0.137 e. The molecule has 0 amide bonds. The minimum absolute atomic E-state index is 1.00. The predicted octanol–water partition coefficient (Wildman–Crippen LogP) is 3.20. The topological polar surface area (TPSA) is 67.3 Å². The molecule has 1 aromatic carbocycles. The summed E-state index contributed by atoms with van der Waals surface area (Å²) in [4.78, 5) is 12.7. The molecule has 0 saturated heterocycles. The quantitative estimate of drug-likeness (QED) is 0.501. The highest BCUT2D eigenvalue weighted by atomic mass is 15.2. The summed E-state index contributed by atoms with van der Waals surface area (Å²) >= 11 is 0. The van der Waals surface area contributed by atoms with Gasteiger partial charge in [0.25, 0.3) is 0 Å². The molecular formula is C16H15N5. The summed E-state index contributed by atoms with van der Waals surface area (Å²) in [7, 11) is 0. The molecule has 5 nitrogen and oxygen atoms in total. The lowest BCUT2D eigenvalue weighted by Crippen LogP contribution is -1.89. The van der Waals surface area contributed by atoms with Gasteiger partial charge in [-0.25, -0.2) is 4.98 Å². The van der Waals surface area contributed by atoms with Gasteiger partial charge in [-0.2, -0.15) is 5.10 Å². The van der Waals surface area contributed by atoms with Gasteiger partial charge in [0.1, 0.15) is 12.7 Å². The number of hydrogen-bond acceptors (Lipinski definition) is 4. The van der Waals surface area contributed by atoms with E-state index in [4.69, 9.17) is 0 Å². The lowest BCUT2D eigenvalue weighted by atomic mass is 10.1. The monoisotopic (exact) mass is 277 g/mol. The van der Waals surface area contributed by atoms with Crippen LogP contribution in [0.4, 0.5) is 0 Å². The van der Waals surface area contributed by atoms with Crippen molar-refractivity contribution in [3.8, 4) is 0 Å². The van der Waals surface area contributed by atoms with Gasteiger partial charge in [0, 0.05) is 22.2 Å². The molecule has 0 atom stereocenters. The first-order valence-electron chi connectivity index (χ1n) is 6.66. The fourth-order valence-electron chi connectivity index (χ4n) is 2.13. The number of rotatable bonds is 0. The third kappa shape index (κ3) is 2.86. The van der Waals surface area contributed by atoms with E-state index in [0.717, 1.165) is 33.2 Å². The first kappa shape index (κ1) is 13.2. The number of aryl methyl sites for hydroxylation is 2. The minimum Gasteiger partial charge on any atom is -0.266 e. The Morgan fingerprint density at radius 1 is 0.762 bits per heavy atom. The summed E-state index contributed by atoms with van der Waals surface area (Å²) in [5, 5.41) is 8.28. The van der Waals surface area contributed by atoms with Crippen molar-refractivity contribution in [2.75, 3.05) is 0 Å². The Kier molecular flexibility index (Phi) is 3.55. The number of aromatic amines is 1. The molecule has 0 fully saturated rings. The van der Waals surface area contributed by atoms with Crippen LogP contribution in [0.25, 0.3) is 21.8 Å². The Labute approximate surface area is 122 Å². The molecule has 5 heteroatoms. The van der Waals surface area contributed by atoms with E-state index >= 15 is 0 Å². The zero-order valence-corrected chi connectivity index (χ0v) is 11.9. The molecule has 3 heterocycles. The average molecular weight is 277 g/mol. The van der Waals surface area contributed by atoms with E-state index in [1.165, 1.54) is 12.7 Å². The highest BCUT2D eigenvalue weighted by Crippen LogP contribution is 2.22. The molecule has 0 unspecified atom stereocenters. The van der Waals surface area contributed by atoms with Gasteiger partial charge >= 0.3 is 0 Å². The zero-order valence-electron chi connectivity index (χ0n) is 11.9. The Balaban J connectivity index is 0.000000225. The summed E-state index contributed by atoms with van der Waals surface area (Å²) in [6.07, 6.45) is 2.96. The zero-order chi connectivity index (χ0) is 14.7. The van der Waals surface area contributed by atoms with Crippen LogP contribution in [0, 0.1) is 13.8 Å². The lowest BCUT2D eigenvalue weighted by Gasteiger charge is -2.04. The Morgan fingerprint density at radius 3 is 1.67 bits per heavy atom. The molecule has 3 aromatic heterocycles. The second-order valence-corrected chi connectivity index (χ2v) is 4.77. The van der Waals surface area contributed by atoms with Gasteiger partial charge in [-0.1, -0.05) is 24.3 Å². The van der Waals surface area contributed by atoms with Gasteiger partial charge in [0.15, 0.2) is 0 Å². The lowest BCUT2D eigenvalue weighted by molar-refractivity contribution is 1.09. The molecule has 104 valence electrons. The molecule has 0 saturated carbocycles. The number of hydrogen-bond donors (Lipinski definition) is 1. The summed E-state index contributed by atoms with van der Waals surface area (Å²) < 4.78 is 0. The number of H-pyrrole nitrogens is 1. The van der Waals surface area contributed by atoms with Gasteiger partial charge in [-0.05, 0) is 26.0 Å². The molecule has 0 aliphatic rings. The SMILES string of the molecule is Cc1ccc2ccc3ccc(C)nc3c2n1.c1nc[nH]n1. The highest BCUT2D eigenvalue weighted by Gasteiger charge is 2.03. The van der Waals surface area contributed by atoms with E-state index in [0.29, 0.717) is 0 Å². The van der Waals surface area contributed by atoms with E-state index in [2.05, 4.69) is 49.4 Å². The maximum absolute atomic E-state index is 4.58. The van der Waals surface area contributed by atoms with Crippen LogP contribution in [0.5, 0.6) is 0 Å². The largest absolute Gasteiger partial charge is 0.266 e. The maximum atomic E-state index is 4.58. The summed E-state index contributed by atoms with van der Waals surface area (Å²) in [5.74, 6) is 0. The van der Waals surface area contributed by atoms with Gasteiger partial charge < -0.3 is 0 Å². The van der Waals surface area contributed by atoms with Crippen LogP contribution in [0.15, 0.2) is 49.1 Å². The number of nitrogens with zero attached hydrogens (tertiary/aromatic N) is 4. The maximum Gasteiger partial charge on any atom is 0.137 e. The Hall–Kier alpha value is -2.82. The third-order valence-electron chi connectivity index (χ3n) is 3.13. The van der Waals surface area contributed by atoms with Crippen molar-refractivity contribution in [2.45, 2.75) is 13.8 Å². The van der Waals surface area contributed by atoms with Crippen molar-refractivity contribution in [1.82, 2.24) is 25.1 Å². The summed E-state index contributed by atoms with van der Waals surface area (Å²) in [6.45, 7) is 4.02. The number of aromatic nitrogens is 5. The van der Waals surface area contributed by atoms with E-state index < -0.39 is 0 Å². The molecule has 4 aromatic rings. The fourth-order valence-corrected chi connectivity index (χ4v) is 2.13. The molecule has 0 spiro atoms. The molecule has 0 radical (unpaired) electrons. The number of fused-ring (bicyclic) bond motifs is 3. The van der Waals surface area contributed by atoms with Crippen molar-refractivity contribution in [3.63, 3.8) is 0 Å². The molecule has 0 aliphatic heterocycles. The van der Waals surface area contributed by atoms with Crippen molar-refractivity contribution in [3.05, 3.63) is 60.4 Å². The van der Waals surface area contributed by atoms with Crippen LogP contribution in [0.1, 0.15) is 11.4 Å². The van der Waals surface area contributed by atoms with Gasteiger partial charge in [-0.15, -0.1) is 0 Å². The molecule has 21 heavy (non-hydrogen) atoms. The number of benzene rings is 1. The molecule has 1 N–H and O–H groups in total. The van der Waals surface area contributed by atoms with Crippen molar-refractivity contribution >= 4 is 21.8 Å². The van der Waals surface area contributed by atoms with E-state index in [9.17, 15) is 0 Å². The van der Waals surface area contributed by atoms with Crippen molar-refractivity contribution < 1.29 is 0 Å². The van der Waals surface area contributed by atoms with Gasteiger partial charge in [0.05, 0.1) is 11.0 Å². The standard InChI is InChI=1S/C14H12N2.C2H3N3/c1-9-3-5-11-7-8-12-6-4-10(2)16-14(12)13(11)15-9;1-3-2-5-4-1/h3-8H,1-2H3;1-2H,(H,3,4,5). The fraction of sp³-hybridized carbons (Fsp3) is 0.125. The van der Waals surface area contributed by atoms with E-state index in [1.54, 1.807) is 0 Å². The normalized spacial score (nSPS) is 10.4. The highest BCUT2D eigenvalue weighted by molar-refractivity contribution is 6.02. The second-order valence-electron chi connectivity index (χ2n) is 4.77. The predicted molar refractivity (Wildman–Crippen MR) is 82.9 cm³/mol. The summed E-state index contributed by atoms with van der Waals surface area (Å²) in [6, 6.07) is 12.5.